The smallest absolute Gasteiger partial charge is 0.315 e. The van der Waals surface area contributed by atoms with Gasteiger partial charge in [-0.15, -0.1) is 0 Å². The molecule has 6 nitrogen and oxygen atoms in total. The molecule has 0 amide bonds. The van der Waals surface area contributed by atoms with E-state index in [1.807, 2.05) is 52.9 Å². The van der Waals surface area contributed by atoms with Crippen molar-refractivity contribution in [2.24, 2.45) is 0 Å². The van der Waals surface area contributed by atoms with Crippen LogP contribution in [0.3, 0.4) is 0 Å². The largest absolute Gasteiger partial charge is 0.416 e. The van der Waals surface area contributed by atoms with Crippen LogP contribution < -0.4 is 4.90 Å². The topological polar surface area (TPSA) is 70.6 Å². The van der Waals surface area contributed by atoms with Crippen molar-refractivity contribution in [2.75, 3.05) is 11.9 Å². The molecule has 0 radical (unpaired) electrons. The first-order valence-electron chi connectivity index (χ1n) is 8.95. The zero-order chi connectivity index (χ0) is 21.3. The van der Waals surface area contributed by atoms with E-state index < -0.39 is 11.7 Å². The first-order chi connectivity index (χ1) is 14.4. The first-order valence-corrected chi connectivity index (χ1v) is 8.95. The van der Waals surface area contributed by atoms with Gasteiger partial charge in [-0.05, 0) is 29.8 Å². The van der Waals surface area contributed by atoms with Gasteiger partial charge in [0.1, 0.15) is 11.6 Å². The lowest BCUT2D eigenvalue weighted by Crippen LogP contribution is -2.16. The number of imidazole rings is 1. The lowest BCUT2D eigenvalue weighted by atomic mass is 10.1. The second-order valence-corrected chi connectivity index (χ2v) is 6.60. The molecule has 0 aliphatic rings. The molecule has 9 heteroatoms. The number of nitriles is 1. The Bertz CT molecular complexity index is 1220. The fourth-order valence-electron chi connectivity index (χ4n) is 3.12. The normalized spacial score (nSPS) is 11.4. The summed E-state index contributed by atoms with van der Waals surface area (Å²) >= 11 is 0. The lowest BCUT2D eigenvalue weighted by molar-refractivity contribution is -0.137. The zero-order valence-electron chi connectivity index (χ0n) is 15.8. The standard InChI is InChI=1S/C21H15F3N6/c1-29(16-5-3-2-4-6-16)20-28-19-17(12-26-18(11-25)27-19)30(20)13-14-7-9-15(10-8-14)21(22,23)24/h2-10,12H,13H2,1H3. The molecule has 0 saturated heterocycles. The number of nitrogens with zero attached hydrogens (tertiary/aromatic N) is 6. The minimum Gasteiger partial charge on any atom is -0.315 e. The molecule has 0 unspecified atom stereocenters. The predicted octanol–water partition coefficient (Wildman–Crippen LogP) is 4.53. The molecule has 0 atom stereocenters. The van der Waals surface area contributed by atoms with Crippen molar-refractivity contribution in [3.05, 3.63) is 77.7 Å². The monoisotopic (exact) mass is 408 g/mol. The van der Waals surface area contributed by atoms with Crippen molar-refractivity contribution in [2.45, 2.75) is 12.7 Å². The maximum atomic E-state index is 12.9. The van der Waals surface area contributed by atoms with E-state index in [4.69, 9.17) is 5.26 Å². The third-order valence-electron chi connectivity index (χ3n) is 4.65. The van der Waals surface area contributed by atoms with Gasteiger partial charge in [0, 0.05) is 12.7 Å². The molecule has 0 aliphatic heterocycles. The first kappa shape index (κ1) is 19.4. The molecule has 2 aromatic carbocycles. The molecule has 0 bridgehead atoms. The number of halogens is 3. The predicted molar refractivity (Wildman–Crippen MR) is 105 cm³/mol. The number of benzene rings is 2. The van der Waals surface area contributed by atoms with Gasteiger partial charge in [-0.1, -0.05) is 30.3 Å². The highest BCUT2D eigenvalue weighted by atomic mass is 19.4. The van der Waals surface area contributed by atoms with Gasteiger partial charge in [-0.25, -0.2) is 4.98 Å². The van der Waals surface area contributed by atoms with Gasteiger partial charge in [0.2, 0.25) is 11.8 Å². The Balaban J connectivity index is 1.79. The van der Waals surface area contributed by atoms with E-state index in [0.717, 1.165) is 17.8 Å². The second kappa shape index (κ2) is 7.48. The van der Waals surface area contributed by atoms with E-state index in [2.05, 4.69) is 15.0 Å². The van der Waals surface area contributed by atoms with E-state index in [1.165, 1.54) is 18.3 Å². The summed E-state index contributed by atoms with van der Waals surface area (Å²) in [5, 5.41) is 9.08. The summed E-state index contributed by atoms with van der Waals surface area (Å²) in [6, 6.07) is 16.4. The van der Waals surface area contributed by atoms with E-state index >= 15 is 0 Å². The maximum absolute atomic E-state index is 12.9. The molecule has 0 N–H and O–H groups in total. The van der Waals surface area contributed by atoms with Crippen molar-refractivity contribution in [3.63, 3.8) is 0 Å². The van der Waals surface area contributed by atoms with E-state index in [0.29, 0.717) is 22.7 Å². The average molecular weight is 408 g/mol. The van der Waals surface area contributed by atoms with Gasteiger partial charge in [0.05, 0.1) is 18.3 Å². The Labute approximate surface area is 169 Å². The summed E-state index contributed by atoms with van der Waals surface area (Å²) < 4.78 is 40.4. The fourth-order valence-corrected chi connectivity index (χ4v) is 3.12. The lowest BCUT2D eigenvalue weighted by Gasteiger charge is -2.20. The molecule has 0 aliphatic carbocycles. The van der Waals surface area contributed by atoms with Crippen molar-refractivity contribution in [3.8, 4) is 6.07 Å². The van der Waals surface area contributed by atoms with Gasteiger partial charge >= 0.3 is 6.18 Å². The SMILES string of the molecule is CN(c1ccccc1)c1nc2nc(C#N)ncc2n1Cc1ccc(C(F)(F)F)cc1. The molecular formula is C21H15F3N6. The van der Waals surface area contributed by atoms with Gasteiger partial charge in [-0.3, -0.25) is 0 Å². The van der Waals surface area contributed by atoms with Crippen molar-refractivity contribution in [1.29, 1.82) is 5.26 Å². The number of aromatic nitrogens is 4. The van der Waals surface area contributed by atoms with E-state index in [1.54, 1.807) is 0 Å². The summed E-state index contributed by atoms with van der Waals surface area (Å²) in [5.74, 6) is 0.524. The summed E-state index contributed by atoms with van der Waals surface area (Å²) in [6.07, 6.45) is -2.89. The maximum Gasteiger partial charge on any atom is 0.416 e. The molecular weight excluding hydrogens is 393 g/mol. The Hall–Kier alpha value is -3.93. The molecule has 4 rings (SSSR count). The van der Waals surface area contributed by atoms with Crippen LogP contribution in [0, 0.1) is 11.3 Å². The third-order valence-corrected chi connectivity index (χ3v) is 4.65. The number of alkyl halides is 3. The van der Waals surface area contributed by atoms with Crippen LogP contribution in [0.2, 0.25) is 0 Å². The van der Waals surface area contributed by atoms with Gasteiger partial charge in [0.25, 0.3) is 0 Å². The highest BCUT2D eigenvalue weighted by Gasteiger charge is 2.30. The minimum absolute atomic E-state index is 0.00408. The summed E-state index contributed by atoms with van der Waals surface area (Å²) in [6.45, 7) is 0.260. The molecule has 0 saturated carbocycles. The van der Waals surface area contributed by atoms with Crippen LogP contribution in [0.15, 0.2) is 60.8 Å². The van der Waals surface area contributed by atoms with Crippen LogP contribution in [-0.4, -0.2) is 26.6 Å². The highest BCUT2D eigenvalue weighted by molar-refractivity contribution is 5.76. The molecule has 30 heavy (non-hydrogen) atoms. The molecule has 4 aromatic rings. The third kappa shape index (κ3) is 3.67. The second-order valence-electron chi connectivity index (χ2n) is 6.60. The fraction of sp³-hybridized carbons (Fsp3) is 0.143. The highest BCUT2D eigenvalue weighted by Crippen LogP contribution is 2.30. The van der Waals surface area contributed by atoms with Crippen LogP contribution in [0.25, 0.3) is 11.2 Å². The van der Waals surface area contributed by atoms with Gasteiger partial charge in [0.15, 0.2) is 5.65 Å². The minimum atomic E-state index is -4.39. The summed E-state index contributed by atoms with van der Waals surface area (Å²) in [4.78, 5) is 14.6. The van der Waals surface area contributed by atoms with Crippen LogP contribution in [0.4, 0.5) is 24.8 Å². The quantitative estimate of drug-likeness (QED) is 0.496. The molecule has 2 aromatic heterocycles. The van der Waals surface area contributed by atoms with Crippen LogP contribution in [0.1, 0.15) is 17.0 Å². The van der Waals surface area contributed by atoms with E-state index in [9.17, 15) is 13.2 Å². The number of para-hydroxylation sites is 1. The van der Waals surface area contributed by atoms with Crippen molar-refractivity contribution < 1.29 is 13.2 Å². The van der Waals surface area contributed by atoms with Crippen molar-refractivity contribution in [1.82, 2.24) is 19.5 Å². The Morgan fingerprint density at radius 1 is 1.03 bits per heavy atom. The molecule has 2 heterocycles. The van der Waals surface area contributed by atoms with E-state index in [-0.39, 0.29) is 12.4 Å². The number of hydrogen-bond acceptors (Lipinski definition) is 5. The molecule has 0 spiro atoms. The Morgan fingerprint density at radius 2 is 1.73 bits per heavy atom. The summed E-state index contributed by atoms with van der Waals surface area (Å²) in [7, 11) is 1.83. The van der Waals surface area contributed by atoms with Gasteiger partial charge < -0.3 is 9.47 Å². The Morgan fingerprint density at radius 3 is 2.37 bits per heavy atom. The zero-order valence-corrected chi connectivity index (χ0v) is 15.8. The molecule has 0 fully saturated rings. The average Bonchev–Trinajstić information content (AvgIpc) is 3.11. The number of fused-ring (bicyclic) bond motifs is 1. The number of hydrogen-bond donors (Lipinski definition) is 0. The number of rotatable bonds is 4. The van der Waals surface area contributed by atoms with Gasteiger partial charge in [-0.2, -0.15) is 28.4 Å². The molecule has 150 valence electrons. The number of anilines is 2. The Kier molecular flexibility index (Phi) is 4.83. The van der Waals surface area contributed by atoms with Crippen LogP contribution >= 0.6 is 0 Å². The summed E-state index contributed by atoms with van der Waals surface area (Å²) in [5.41, 5.74) is 1.74. The van der Waals surface area contributed by atoms with Crippen molar-refractivity contribution >= 4 is 22.8 Å². The van der Waals surface area contributed by atoms with Crippen LogP contribution in [-0.2, 0) is 12.7 Å². The van der Waals surface area contributed by atoms with Crippen LogP contribution in [0.5, 0.6) is 0 Å².